The van der Waals surface area contributed by atoms with E-state index in [2.05, 4.69) is 10.5 Å². The number of rotatable bonds is 8. The summed E-state index contributed by atoms with van der Waals surface area (Å²) in [5.41, 5.74) is 3.27. The van der Waals surface area contributed by atoms with Crippen molar-refractivity contribution < 1.29 is 28.9 Å². The van der Waals surface area contributed by atoms with Crippen LogP contribution in [0.5, 0.6) is 17.2 Å². The highest BCUT2D eigenvalue weighted by Gasteiger charge is 2.18. The van der Waals surface area contributed by atoms with Crippen molar-refractivity contribution in [2.45, 2.75) is 13.0 Å². The molecular formula is C19H20N2O6. The van der Waals surface area contributed by atoms with E-state index < -0.39 is 18.0 Å². The first-order chi connectivity index (χ1) is 13.0. The zero-order valence-electron chi connectivity index (χ0n) is 15.1. The Balaban J connectivity index is 2.15. The SMILES string of the molecule is COc1ccc(C(=O)N/N=C\c2cccc(OC)c2O[C@@H](C)C(=O)O)cc1. The number of nitrogens with one attached hydrogen (secondary N) is 1. The molecule has 0 aliphatic heterocycles. The predicted molar refractivity (Wildman–Crippen MR) is 98.8 cm³/mol. The van der Waals surface area contributed by atoms with Crippen LogP contribution in [0.3, 0.4) is 0 Å². The normalized spacial score (nSPS) is 11.7. The molecule has 0 aliphatic rings. The topological polar surface area (TPSA) is 106 Å². The largest absolute Gasteiger partial charge is 0.497 e. The van der Waals surface area contributed by atoms with Gasteiger partial charge in [-0.05, 0) is 43.3 Å². The highest BCUT2D eigenvalue weighted by Crippen LogP contribution is 2.31. The molecule has 2 aromatic rings. The number of ether oxygens (including phenoxy) is 3. The highest BCUT2D eigenvalue weighted by atomic mass is 16.5. The molecule has 142 valence electrons. The molecule has 27 heavy (non-hydrogen) atoms. The number of hydrogen-bond donors (Lipinski definition) is 2. The molecule has 0 saturated carbocycles. The quantitative estimate of drug-likeness (QED) is 0.544. The van der Waals surface area contributed by atoms with Gasteiger partial charge in [-0.25, -0.2) is 10.2 Å². The lowest BCUT2D eigenvalue weighted by Crippen LogP contribution is -2.24. The highest BCUT2D eigenvalue weighted by molar-refractivity contribution is 5.95. The number of nitrogens with zero attached hydrogens (tertiary/aromatic N) is 1. The van der Waals surface area contributed by atoms with Crippen LogP contribution in [-0.2, 0) is 4.79 Å². The van der Waals surface area contributed by atoms with Crippen LogP contribution in [0.4, 0.5) is 0 Å². The smallest absolute Gasteiger partial charge is 0.344 e. The number of methoxy groups -OCH3 is 2. The zero-order valence-corrected chi connectivity index (χ0v) is 15.1. The third kappa shape index (κ3) is 5.21. The number of hydrazone groups is 1. The van der Waals surface area contributed by atoms with Crippen LogP contribution in [0, 0.1) is 0 Å². The summed E-state index contributed by atoms with van der Waals surface area (Å²) < 4.78 is 15.7. The molecule has 0 aliphatic carbocycles. The number of carbonyl (C=O) groups is 2. The first kappa shape index (κ1) is 19.8. The number of para-hydroxylation sites is 1. The fraction of sp³-hybridized carbons (Fsp3) is 0.211. The van der Waals surface area contributed by atoms with Crippen LogP contribution in [0.1, 0.15) is 22.8 Å². The molecule has 8 nitrogen and oxygen atoms in total. The Kier molecular flexibility index (Phi) is 6.76. The van der Waals surface area contributed by atoms with Crippen molar-refractivity contribution in [3.63, 3.8) is 0 Å². The zero-order chi connectivity index (χ0) is 19.8. The summed E-state index contributed by atoms with van der Waals surface area (Å²) in [6.45, 7) is 1.40. The number of hydrogen-bond acceptors (Lipinski definition) is 6. The van der Waals surface area contributed by atoms with Gasteiger partial charge in [0.1, 0.15) is 5.75 Å². The summed E-state index contributed by atoms with van der Waals surface area (Å²) in [7, 11) is 2.98. The van der Waals surface area contributed by atoms with Crippen molar-refractivity contribution >= 4 is 18.1 Å². The summed E-state index contributed by atoms with van der Waals surface area (Å²) in [5, 5.41) is 13.0. The Hall–Kier alpha value is -3.55. The molecule has 1 amide bonds. The maximum Gasteiger partial charge on any atom is 0.344 e. The second-order valence-electron chi connectivity index (χ2n) is 5.40. The first-order valence-electron chi connectivity index (χ1n) is 8.00. The summed E-state index contributed by atoms with van der Waals surface area (Å²) in [6.07, 6.45) is 0.274. The second kappa shape index (κ2) is 9.23. The fourth-order valence-electron chi connectivity index (χ4n) is 2.12. The second-order valence-corrected chi connectivity index (χ2v) is 5.40. The number of benzene rings is 2. The molecule has 0 spiro atoms. The molecule has 0 bridgehead atoms. The van der Waals surface area contributed by atoms with E-state index in [1.54, 1.807) is 49.6 Å². The third-order valence-electron chi connectivity index (χ3n) is 3.59. The van der Waals surface area contributed by atoms with Gasteiger partial charge in [0.15, 0.2) is 17.6 Å². The molecule has 2 aromatic carbocycles. The molecule has 2 N–H and O–H groups in total. The lowest BCUT2D eigenvalue weighted by atomic mass is 10.2. The van der Waals surface area contributed by atoms with Gasteiger partial charge in [0.2, 0.25) is 0 Å². The Labute approximate surface area is 156 Å². The van der Waals surface area contributed by atoms with Crippen LogP contribution in [0.25, 0.3) is 0 Å². The summed E-state index contributed by atoms with van der Waals surface area (Å²) in [4.78, 5) is 23.2. The van der Waals surface area contributed by atoms with Crippen molar-refractivity contribution in [3.8, 4) is 17.2 Å². The average molecular weight is 372 g/mol. The van der Waals surface area contributed by atoms with Gasteiger partial charge in [-0.15, -0.1) is 0 Å². The van der Waals surface area contributed by atoms with Gasteiger partial charge in [-0.1, -0.05) is 6.07 Å². The maximum absolute atomic E-state index is 12.1. The Morgan fingerprint density at radius 1 is 1.11 bits per heavy atom. The van der Waals surface area contributed by atoms with Crippen molar-refractivity contribution in [1.82, 2.24) is 5.43 Å². The van der Waals surface area contributed by atoms with Gasteiger partial charge in [-0.3, -0.25) is 4.79 Å². The first-order valence-corrected chi connectivity index (χ1v) is 8.00. The lowest BCUT2D eigenvalue weighted by molar-refractivity contribution is -0.144. The molecular weight excluding hydrogens is 352 g/mol. The number of carbonyl (C=O) groups excluding carboxylic acids is 1. The summed E-state index contributed by atoms with van der Waals surface area (Å²) in [5.74, 6) is -0.304. The van der Waals surface area contributed by atoms with Crippen LogP contribution < -0.4 is 19.6 Å². The molecule has 0 saturated heterocycles. The van der Waals surface area contributed by atoms with Gasteiger partial charge in [0, 0.05) is 11.1 Å². The molecule has 2 rings (SSSR count). The maximum atomic E-state index is 12.1. The van der Waals surface area contributed by atoms with Crippen LogP contribution >= 0.6 is 0 Å². The van der Waals surface area contributed by atoms with E-state index in [9.17, 15) is 9.59 Å². The minimum atomic E-state index is -1.11. The Bertz CT molecular complexity index is 833. The molecule has 1 atom stereocenters. The molecule has 8 heteroatoms. The van der Waals surface area contributed by atoms with E-state index in [4.69, 9.17) is 19.3 Å². The fourth-order valence-corrected chi connectivity index (χ4v) is 2.12. The van der Waals surface area contributed by atoms with E-state index in [0.29, 0.717) is 22.6 Å². The van der Waals surface area contributed by atoms with Gasteiger partial charge in [-0.2, -0.15) is 5.10 Å². The van der Waals surface area contributed by atoms with Crippen LogP contribution in [0.2, 0.25) is 0 Å². The molecule has 0 heterocycles. The van der Waals surface area contributed by atoms with Gasteiger partial charge in [0.25, 0.3) is 5.91 Å². The lowest BCUT2D eigenvalue weighted by Gasteiger charge is -2.15. The van der Waals surface area contributed by atoms with Gasteiger partial charge in [0.05, 0.1) is 20.4 Å². The number of aliphatic carboxylic acids is 1. The van der Waals surface area contributed by atoms with E-state index in [0.717, 1.165) is 0 Å². The van der Waals surface area contributed by atoms with Crippen LogP contribution in [-0.4, -0.2) is 43.5 Å². The Morgan fingerprint density at radius 3 is 2.41 bits per heavy atom. The summed E-state index contributed by atoms with van der Waals surface area (Å²) in [6, 6.07) is 11.5. The average Bonchev–Trinajstić information content (AvgIpc) is 2.68. The third-order valence-corrected chi connectivity index (χ3v) is 3.59. The Morgan fingerprint density at radius 2 is 1.81 bits per heavy atom. The molecule has 0 fully saturated rings. The minimum absolute atomic E-state index is 0.220. The standard InChI is InChI=1S/C19H20N2O6/c1-12(19(23)24)27-17-14(5-4-6-16(17)26-3)11-20-21-18(22)13-7-9-15(25-2)10-8-13/h4-12H,1-3H3,(H,21,22)(H,23,24)/b20-11-/t12-/m0/s1. The molecule has 0 radical (unpaired) electrons. The summed E-state index contributed by atoms with van der Waals surface area (Å²) >= 11 is 0. The van der Waals surface area contributed by atoms with E-state index in [1.165, 1.54) is 20.2 Å². The predicted octanol–water partition coefficient (Wildman–Crippen LogP) is 2.32. The van der Waals surface area contributed by atoms with Gasteiger partial charge < -0.3 is 19.3 Å². The van der Waals surface area contributed by atoms with E-state index in [-0.39, 0.29) is 5.75 Å². The van der Waals surface area contributed by atoms with Crippen molar-refractivity contribution in [3.05, 3.63) is 53.6 Å². The minimum Gasteiger partial charge on any atom is -0.497 e. The number of carboxylic acid groups (broad SMARTS) is 1. The van der Waals surface area contributed by atoms with Crippen LogP contribution in [0.15, 0.2) is 47.6 Å². The monoisotopic (exact) mass is 372 g/mol. The van der Waals surface area contributed by atoms with Crippen molar-refractivity contribution in [1.29, 1.82) is 0 Å². The van der Waals surface area contributed by atoms with Crippen molar-refractivity contribution in [2.75, 3.05) is 14.2 Å². The van der Waals surface area contributed by atoms with E-state index in [1.807, 2.05) is 0 Å². The van der Waals surface area contributed by atoms with Gasteiger partial charge >= 0.3 is 5.97 Å². The molecule has 0 unspecified atom stereocenters. The molecule has 0 aromatic heterocycles. The number of carboxylic acids is 1. The van der Waals surface area contributed by atoms with Crippen molar-refractivity contribution in [2.24, 2.45) is 5.10 Å². The number of amides is 1. The van der Waals surface area contributed by atoms with E-state index >= 15 is 0 Å².